The number of anilines is 1. The van der Waals surface area contributed by atoms with Crippen LogP contribution >= 0.6 is 15.9 Å². The minimum Gasteiger partial charge on any atom is -0.305 e. The summed E-state index contributed by atoms with van der Waals surface area (Å²) in [6.45, 7) is 0. The standard InChI is InChI=1S/C10H9BrN4O/c1-15-6-4-8(14-15)13-10(16)7-3-2-5-12-9(7)11/h2-6H,1H3,(H,13,14,16). The third-order valence-electron chi connectivity index (χ3n) is 1.96. The van der Waals surface area contributed by atoms with Crippen molar-refractivity contribution in [1.29, 1.82) is 0 Å². The molecule has 0 unspecified atom stereocenters. The van der Waals surface area contributed by atoms with Crippen LogP contribution in [0.4, 0.5) is 5.82 Å². The van der Waals surface area contributed by atoms with Gasteiger partial charge in [-0.2, -0.15) is 5.10 Å². The van der Waals surface area contributed by atoms with Gasteiger partial charge in [-0.3, -0.25) is 9.48 Å². The first-order chi connectivity index (χ1) is 7.66. The zero-order valence-electron chi connectivity index (χ0n) is 8.51. The smallest absolute Gasteiger partial charge is 0.259 e. The van der Waals surface area contributed by atoms with E-state index in [9.17, 15) is 4.79 Å². The number of hydrogen-bond donors (Lipinski definition) is 1. The highest BCUT2D eigenvalue weighted by molar-refractivity contribution is 9.10. The van der Waals surface area contributed by atoms with Crippen LogP contribution in [0.3, 0.4) is 0 Å². The van der Waals surface area contributed by atoms with E-state index in [0.29, 0.717) is 16.0 Å². The summed E-state index contributed by atoms with van der Waals surface area (Å²) < 4.78 is 2.14. The lowest BCUT2D eigenvalue weighted by Crippen LogP contribution is -2.13. The van der Waals surface area contributed by atoms with Gasteiger partial charge in [0.05, 0.1) is 5.56 Å². The molecule has 82 valence electrons. The average Bonchev–Trinajstić information content (AvgIpc) is 2.64. The lowest BCUT2D eigenvalue weighted by Gasteiger charge is -2.02. The minimum atomic E-state index is -0.237. The minimum absolute atomic E-state index is 0.237. The van der Waals surface area contributed by atoms with E-state index in [-0.39, 0.29) is 5.91 Å². The topological polar surface area (TPSA) is 59.8 Å². The molecule has 0 saturated carbocycles. The Morgan fingerprint density at radius 1 is 1.50 bits per heavy atom. The second-order valence-electron chi connectivity index (χ2n) is 3.17. The molecule has 6 heteroatoms. The van der Waals surface area contributed by atoms with E-state index in [1.54, 1.807) is 42.3 Å². The van der Waals surface area contributed by atoms with Gasteiger partial charge in [-0.25, -0.2) is 4.98 Å². The molecule has 0 spiro atoms. The largest absolute Gasteiger partial charge is 0.305 e. The highest BCUT2D eigenvalue weighted by Crippen LogP contribution is 2.14. The molecule has 0 atom stereocenters. The Bertz CT molecular complexity index is 523. The van der Waals surface area contributed by atoms with Gasteiger partial charge in [0.15, 0.2) is 5.82 Å². The number of hydrogen-bond acceptors (Lipinski definition) is 3. The van der Waals surface area contributed by atoms with E-state index in [4.69, 9.17) is 0 Å². The van der Waals surface area contributed by atoms with Crippen LogP contribution in [0.5, 0.6) is 0 Å². The molecule has 2 aromatic heterocycles. The second kappa shape index (κ2) is 4.44. The quantitative estimate of drug-likeness (QED) is 0.854. The van der Waals surface area contributed by atoms with Crippen molar-refractivity contribution in [3.8, 4) is 0 Å². The fourth-order valence-corrected chi connectivity index (χ4v) is 1.65. The first kappa shape index (κ1) is 10.8. The number of nitrogens with zero attached hydrogens (tertiary/aromatic N) is 3. The van der Waals surface area contributed by atoms with Crippen molar-refractivity contribution in [1.82, 2.24) is 14.8 Å². The Morgan fingerprint density at radius 3 is 2.94 bits per heavy atom. The lowest BCUT2D eigenvalue weighted by molar-refractivity contribution is 0.102. The van der Waals surface area contributed by atoms with E-state index in [1.165, 1.54) is 0 Å². The highest BCUT2D eigenvalue weighted by Gasteiger charge is 2.11. The van der Waals surface area contributed by atoms with Crippen molar-refractivity contribution < 1.29 is 4.79 Å². The van der Waals surface area contributed by atoms with Crippen molar-refractivity contribution in [3.63, 3.8) is 0 Å². The SMILES string of the molecule is Cn1ccc(NC(=O)c2cccnc2Br)n1. The summed E-state index contributed by atoms with van der Waals surface area (Å²) in [5.74, 6) is 0.280. The van der Waals surface area contributed by atoms with E-state index >= 15 is 0 Å². The molecule has 0 fully saturated rings. The predicted octanol–water partition coefficient (Wildman–Crippen LogP) is 1.83. The van der Waals surface area contributed by atoms with Crippen molar-refractivity contribution in [2.24, 2.45) is 7.05 Å². The van der Waals surface area contributed by atoms with Crippen molar-refractivity contribution in [2.75, 3.05) is 5.32 Å². The van der Waals surface area contributed by atoms with Gasteiger partial charge in [0.1, 0.15) is 4.60 Å². The normalized spacial score (nSPS) is 10.1. The lowest BCUT2D eigenvalue weighted by atomic mass is 10.3. The molecule has 2 rings (SSSR count). The van der Waals surface area contributed by atoms with E-state index in [0.717, 1.165) is 0 Å². The Morgan fingerprint density at radius 2 is 2.31 bits per heavy atom. The molecule has 0 radical (unpaired) electrons. The van der Waals surface area contributed by atoms with Crippen LogP contribution in [0.2, 0.25) is 0 Å². The maximum absolute atomic E-state index is 11.8. The molecule has 2 aromatic rings. The van der Waals surface area contributed by atoms with Gasteiger partial charge in [0, 0.05) is 25.5 Å². The number of halogens is 1. The number of carbonyl (C=O) groups excluding carboxylic acids is 1. The van der Waals surface area contributed by atoms with Crippen LogP contribution < -0.4 is 5.32 Å². The molecule has 0 aromatic carbocycles. The second-order valence-corrected chi connectivity index (χ2v) is 3.92. The first-order valence-corrected chi connectivity index (χ1v) is 5.37. The summed E-state index contributed by atoms with van der Waals surface area (Å²) in [4.78, 5) is 15.8. The molecule has 0 aliphatic heterocycles. The Balaban J connectivity index is 2.18. The predicted molar refractivity (Wildman–Crippen MR) is 63.1 cm³/mol. The van der Waals surface area contributed by atoms with E-state index in [2.05, 4.69) is 31.3 Å². The van der Waals surface area contributed by atoms with Crippen molar-refractivity contribution >= 4 is 27.7 Å². The van der Waals surface area contributed by atoms with Crippen molar-refractivity contribution in [3.05, 3.63) is 40.8 Å². The molecule has 0 aliphatic rings. The van der Waals surface area contributed by atoms with Gasteiger partial charge in [-0.1, -0.05) is 0 Å². The van der Waals surface area contributed by atoms with Crippen LogP contribution in [-0.2, 0) is 7.05 Å². The monoisotopic (exact) mass is 280 g/mol. The Labute approximate surface area is 101 Å². The summed E-state index contributed by atoms with van der Waals surface area (Å²) in [5.41, 5.74) is 0.480. The summed E-state index contributed by atoms with van der Waals surface area (Å²) in [5, 5.41) is 6.73. The van der Waals surface area contributed by atoms with Gasteiger partial charge < -0.3 is 5.32 Å². The van der Waals surface area contributed by atoms with E-state index in [1.807, 2.05) is 0 Å². The van der Waals surface area contributed by atoms with Crippen LogP contribution in [0.15, 0.2) is 35.2 Å². The third kappa shape index (κ3) is 2.27. The Kier molecular flexibility index (Phi) is 3.00. The van der Waals surface area contributed by atoms with Crippen LogP contribution in [0, 0.1) is 0 Å². The van der Waals surface area contributed by atoms with E-state index < -0.39 is 0 Å². The fraction of sp³-hybridized carbons (Fsp3) is 0.100. The van der Waals surface area contributed by atoms with Gasteiger partial charge in [0.25, 0.3) is 5.91 Å². The summed E-state index contributed by atoms with van der Waals surface area (Å²) in [6, 6.07) is 5.12. The maximum atomic E-state index is 11.8. The molecule has 1 amide bonds. The van der Waals surface area contributed by atoms with Gasteiger partial charge in [-0.05, 0) is 28.1 Å². The zero-order chi connectivity index (χ0) is 11.5. The molecule has 5 nitrogen and oxygen atoms in total. The number of pyridine rings is 1. The number of carbonyl (C=O) groups is 1. The van der Waals surface area contributed by atoms with Crippen LogP contribution in [-0.4, -0.2) is 20.7 Å². The maximum Gasteiger partial charge on any atom is 0.259 e. The number of nitrogens with one attached hydrogen (secondary N) is 1. The molecule has 1 N–H and O–H groups in total. The molecule has 16 heavy (non-hydrogen) atoms. The third-order valence-corrected chi connectivity index (χ3v) is 2.59. The molecule has 0 bridgehead atoms. The molecular weight excluding hydrogens is 272 g/mol. The summed E-state index contributed by atoms with van der Waals surface area (Å²) >= 11 is 3.22. The van der Waals surface area contributed by atoms with Gasteiger partial charge in [-0.15, -0.1) is 0 Å². The molecular formula is C10H9BrN4O. The van der Waals surface area contributed by atoms with Crippen molar-refractivity contribution in [2.45, 2.75) is 0 Å². The Hall–Kier alpha value is -1.69. The molecule has 0 aliphatic carbocycles. The summed E-state index contributed by atoms with van der Waals surface area (Å²) in [6.07, 6.45) is 3.37. The average molecular weight is 281 g/mol. The fourth-order valence-electron chi connectivity index (χ4n) is 1.22. The van der Waals surface area contributed by atoms with Crippen LogP contribution in [0.1, 0.15) is 10.4 Å². The summed E-state index contributed by atoms with van der Waals surface area (Å²) in [7, 11) is 1.79. The first-order valence-electron chi connectivity index (χ1n) is 4.58. The number of amides is 1. The van der Waals surface area contributed by atoms with Crippen LogP contribution in [0.25, 0.3) is 0 Å². The number of aromatic nitrogens is 3. The number of aryl methyl sites for hydroxylation is 1. The number of rotatable bonds is 2. The zero-order valence-corrected chi connectivity index (χ0v) is 10.1. The highest BCUT2D eigenvalue weighted by atomic mass is 79.9. The van der Waals surface area contributed by atoms with Gasteiger partial charge >= 0.3 is 0 Å². The molecule has 2 heterocycles. The van der Waals surface area contributed by atoms with Gasteiger partial charge in [0.2, 0.25) is 0 Å². The molecule has 0 saturated heterocycles.